The highest BCUT2D eigenvalue weighted by Crippen LogP contribution is 2.30. The van der Waals surface area contributed by atoms with Crippen LogP contribution in [0.2, 0.25) is 10.0 Å². The molecule has 0 radical (unpaired) electrons. The molecule has 1 heterocycles. The van der Waals surface area contributed by atoms with E-state index in [4.69, 9.17) is 32.7 Å². The fourth-order valence-corrected chi connectivity index (χ4v) is 2.85. The summed E-state index contributed by atoms with van der Waals surface area (Å²) in [5.41, 5.74) is 0.625. The van der Waals surface area contributed by atoms with Gasteiger partial charge in [0, 0.05) is 10.0 Å². The molecule has 2 aromatic carbocycles. The number of hydrogen-bond acceptors (Lipinski definition) is 3. The van der Waals surface area contributed by atoms with Crippen molar-refractivity contribution in [2.45, 2.75) is 12.5 Å². The van der Waals surface area contributed by atoms with Gasteiger partial charge in [0.15, 0.2) is 11.5 Å². The molecule has 2 aromatic rings. The quantitative estimate of drug-likeness (QED) is 0.916. The lowest BCUT2D eigenvalue weighted by molar-refractivity contribution is -0.120. The van der Waals surface area contributed by atoms with Crippen LogP contribution in [0.4, 0.5) is 0 Å². The summed E-state index contributed by atoms with van der Waals surface area (Å²) in [7, 11) is 0. The zero-order valence-electron chi connectivity index (χ0n) is 12.2. The van der Waals surface area contributed by atoms with E-state index in [1.54, 1.807) is 18.2 Å². The lowest BCUT2D eigenvalue weighted by Gasteiger charge is -2.26. The van der Waals surface area contributed by atoms with Gasteiger partial charge in [-0.2, -0.15) is 0 Å². The third-order valence-electron chi connectivity index (χ3n) is 3.49. The summed E-state index contributed by atoms with van der Waals surface area (Å²) >= 11 is 12.1. The molecule has 0 fully saturated rings. The highest BCUT2D eigenvalue weighted by atomic mass is 35.5. The van der Waals surface area contributed by atoms with Crippen LogP contribution in [-0.2, 0) is 11.2 Å². The number of hydrogen-bond donors (Lipinski definition) is 1. The topological polar surface area (TPSA) is 47.6 Å². The summed E-state index contributed by atoms with van der Waals surface area (Å²) in [5.74, 6) is 1.24. The van der Waals surface area contributed by atoms with Gasteiger partial charge in [-0.05, 0) is 29.8 Å². The highest BCUT2D eigenvalue weighted by molar-refractivity contribution is 6.36. The van der Waals surface area contributed by atoms with Gasteiger partial charge < -0.3 is 14.8 Å². The number of halogens is 2. The van der Waals surface area contributed by atoms with Gasteiger partial charge in [0.25, 0.3) is 0 Å². The van der Waals surface area contributed by atoms with Crippen molar-refractivity contribution in [1.29, 1.82) is 0 Å². The lowest BCUT2D eigenvalue weighted by Crippen LogP contribution is -2.41. The van der Waals surface area contributed by atoms with Crippen molar-refractivity contribution in [1.82, 2.24) is 5.32 Å². The van der Waals surface area contributed by atoms with Crippen LogP contribution in [0.1, 0.15) is 5.56 Å². The Bertz CT molecular complexity index is 700. The van der Waals surface area contributed by atoms with Crippen molar-refractivity contribution in [3.8, 4) is 11.5 Å². The van der Waals surface area contributed by atoms with E-state index in [2.05, 4.69) is 5.32 Å². The van der Waals surface area contributed by atoms with Crippen LogP contribution >= 0.6 is 23.2 Å². The van der Waals surface area contributed by atoms with Gasteiger partial charge in [-0.25, -0.2) is 0 Å². The molecular weight excluding hydrogens is 337 g/mol. The van der Waals surface area contributed by atoms with Crippen LogP contribution in [-0.4, -0.2) is 25.2 Å². The molecule has 3 rings (SSSR count). The third-order valence-corrected chi connectivity index (χ3v) is 4.20. The first kappa shape index (κ1) is 16.0. The number of benzene rings is 2. The first-order valence-corrected chi connectivity index (χ1v) is 7.97. The van der Waals surface area contributed by atoms with E-state index >= 15 is 0 Å². The van der Waals surface area contributed by atoms with Crippen LogP contribution in [0.15, 0.2) is 42.5 Å². The van der Waals surface area contributed by atoms with E-state index in [0.717, 1.165) is 5.75 Å². The summed E-state index contributed by atoms with van der Waals surface area (Å²) in [4.78, 5) is 12.1. The van der Waals surface area contributed by atoms with E-state index in [1.165, 1.54) is 0 Å². The minimum absolute atomic E-state index is 0.128. The highest BCUT2D eigenvalue weighted by Gasteiger charge is 2.21. The Morgan fingerprint density at radius 2 is 1.78 bits per heavy atom. The van der Waals surface area contributed by atoms with Gasteiger partial charge in [-0.3, -0.25) is 4.79 Å². The van der Waals surface area contributed by atoms with Crippen molar-refractivity contribution < 1.29 is 14.3 Å². The summed E-state index contributed by atoms with van der Waals surface area (Å²) in [6.45, 7) is 0.749. The van der Waals surface area contributed by atoms with Crippen LogP contribution in [0, 0.1) is 0 Å². The number of ether oxygens (including phenoxy) is 2. The van der Waals surface area contributed by atoms with Gasteiger partial charge in [-0.1, -0.05) is 41.4 Å². The van der Waals surface area contributed by atoms with Crippen molar-refractivity contribution >= 4 is 29.1 Å². The van der Waals surface area contributed by atoms with Crippen molar-refractivity contribution in [2.75, 3.05) is 13.2 Å². The molecule has 1 amide bonds. The van der Waals surface area contributed by atoms with E-state index < -0.39 is 0 Å². The molecule has 1 aliphatic rings. The van der Waals surface area contributed by atoms with Gasteiger partial charge in [0.1, 0.15) is 12.7 Å². The number of nitrogens with one attached hydrogen (secondary N) is 1. The predicted molar refractivity (Wildman–Crippen MR) is 89.5 cm³/mol. The predicted octanol–water partition coefficient (Wildman–Crippen LogP) is 3.49. The Morgan fingerprint density at radius 1 is 1.09 bits per heavy atom. The molecule has 6 heteroatoms. The van der Waals surface area contributed by atoms with Crippen molar-refractivity contribution in [2.24, 2.45) is 0 Å². The van der Waals surface area contributed by atoms with Gasteiger partial charge in [-0.15, -0.1) is 0 Å². The van der Waals surface area contributed by atoms with Crippen LogP contribution in [0.25, 0.3) is 0 Å². The van der Waals surface area contributed by atoms with Crippen LogP contribution in [0.5, 0.6) is 11.5 Å². The molecule has 1 unspecified atom stereocenters. The monoisotopic (exact) mass is 351 g/mol. The van der Waals surface area contributed by atoms with Gasteiger partial charge in [0.05, 0.1) is 13.0 Å². The van der Waals surface area contributed by atoms with Gasteiger partial charge >= 0.3 is 0 Å². The normalized spacial score (nSPS) is 16.0. The zero-order chi connectivity index (χ0) is 16.2. The summed E-state index contributed by atoms with van der Waals surface area (Å²) in [6.07, 6.45) is -0.0987. The zero-order valence-corrected chi connectivity index (χ0v) is 13.7. The van der Waals surface area contributed by atoms with E-state index in [0.29, 0.717) is 34.5 Å². The number of fused-ring (bicyclic) bond motifs is 1. The molecular formula is C17H15Cl2NO3. The Hall–Kier alpha value is -1.91. The number of para-hydroxylation sites is 2. The fraction of sp³-hybridized carbons (Fsp3) is 0.235. The molecule has 120 valence electrons. The smallest absolute Gasteiger partial charge is 0.224 e. The molecule has 23 heavy (non-hydrogen) atoms. The molecule has 0 aliphatic carbocycles. The Morgan fingerprint density at radius 3 is 2.52 bits per heavy atom. The standard InChI is InChI=1S/C17H15Cl2NO3/c18-13-4-3-5-14(19)12(13)8-17(21)20-9-11-10-22-15-6-1-2-7-16(15)23-11/h1-7,11H,8-10H2,(H,20,21). The maximum Gasteiger partial charge on any atom is 0.224 e. The minimum Gasteiger partial charge on any atom is -0.486 e. The molecule has 0 saturated heterocycles. The second kappa shape index (κ2) is 7.11. The van der Waals surface area contributed by atoms with Crippen LogP contribution in [0.3, 0.4) is 0 Å². The first-order valence-electron chi connectivity index (χ1n) is 7.21. The Kier molecular flexibility index (Phi) is 4.94. The Labute approximate surface area is 144 Å². The molecule has 0 aromatic heterocycles. The fourth-order valence-electron chi connectivity index (χ4n) is 2.32. The summed E-state index contributed by atoms with van der Waals surface area (Å²) in [5, 5.41) is 3.79. The second-order valence-electron chi connectivity index (χ2n) is 5.18. The average Bonchev–Trinajstić information content (AvgIpc) is 2.56. The first-order chi connectivity index (χ1) is 11.1. The average molecular weight is 352 g/mol. The van der Waals surface area contributed by atoms with Crippen molar-refractivity contribution in [3.63, 3.8) is 0 Å². The maximum absolute atomic E-state index is 12.1. The number of carbonyl (C=O) groups excluding carboxylic acids is 1. The largest absolute Gasteiger partial charge is 0.486 e. The third kappa shape index (κ3) is 3.89. The lowest BCUT2D eigenvalue weighted by atomic mass is 10.1. The number of rotatable bonds is 4. The number of carbonyl (C=O) groups is 1. The Balaban J connectivity index is 1.54. The molecule has 1 N–H and O–H groups in total. The van der Waals surface area contributed by atoms with Crippen LogP contribution < -0.4 is 14.8 Å². The minimum atomic E-state index is -0.226. The summed E-state index contributed by atoms with van der Waals surface area (Å²) in [6, 6.07) is 12.6. The van der Waals surface area contributed by atoms with E-state index in [1.807, 2.05) is 24.3 Å². The molecule has 0 bridgehead atoms. The molecule has 1 atom stereocenters. The van der Waals surface area contributed by atoms with Gasteiger partial charge in [0.2, 0.25) is 5.91 Å². The molecule has 0 spiro atoms. The number of amides is 1. The molecule has 0 saturated carbocycles. The van der Waals surface area contributed by atoms with E-state index in [9.17, 15) is 4.79 Å². The summed E-state index contributed by atoms with van der Waals surface area (Å²) < 4.78 is 11.4. The molecule has 1 aliphatic heterocycles. The SMILES string of the molecule is O=C(Cc1c(Cl)cccc1Cl)NCC1COc2ccccc2O1. The van der Waals surface area contributed by atoms with Crippen molar-refractivity contribution in [3.05, 3.63) is 58.1 Å². The molecule has 4 nitrogen and oxygen atoms in total. The maximum atomic E-state index is 12.1. The van der Waals surface area contributed by atoms with E-state index in [-0.39, 0.29) is 18.4 Å². The second-order valence-corrected chi connectivity index (χ2v) is 5.99.